The highest BCUT2D eigenvalue weighted by Crippen LogP contribution is 2.33. The second kappa shape index (κ2) is 5.76. The predicted octanol–water partition coefficient (Wildman–Crippen LogP) is 4.10. The van der Waals surface area contributed by atoms with Gasteiger partial charge in [0.15, 0.2) is 0 Å². The SMILES string of the molecule is CCOc1ccc(-c2ccccc2C(=O)O)c(Cl)c1. The van der Waals surface area contributed by atoms with Gasteiger partial charge in [0.2, 0.25) is 0 Å². The normalized spacial score (nSPS) is 10.2. The molecule has 0 atom stereocenters. The topological polar surface area (TPSA) is 46.5 Å². The summed E-state index contributed by atoms with van der Waals surface area (Å²) in [7, 11) is 0. The molecule has 0 fully saturated rings. The number of carboxylic acids is 1. The summed E-state index contributed by atoms with van der Waals surface area (Å²) < 4.78 is 5.35. The number of rotatable bonds is 4. The molecule has 2 rings (SSSR count). The number of carbonyl (C=O) groups is 1. The third kappa shape index (κ3) is 2.88. The van der Waals surface area contributed by atoms with E-state index in [1.807, 2.05) is 6.92 Å². The van der Waals surface area contributed by atoms with E-state index in [-0.39, 0.29) is 5.56 Å². The predicted molar refractivity (Wildman–Crippen MR) is 75.0 cm³/mol. The molecule has 3 nitrogen and oxygen atoms in total. The van der Waals surface area contributed by atoms with Crippen LogP contribution in [0, 0.1) is 0 Å². The molecule has 0 saturated heterocycles. The molecule has 19 heavy (non-hydrogen) atoms. The number of benzene rings is 2. The molecule has 4 heteroatoms. The van der Waals surface area contributed by atoms with Crippen LogP contribution in [0.15, 0.2) is 42.5 Å². The van der Waals surface area contributed by atoms with Crippen molar-refractivity contribution in [3.63, 3.8) is 0 Å². The minimum atomic E-state index is -0.972. The van der Waals surface area contributed by atoms with Crippen LogP contribution in [-0.2, 0) is 0 Å². The van der Waals surface area contributed by atoms with Gasteiger partial charge in [0, 0.05) is 5.56 Å². The molecule has 0 aliphatic rings. The van der Waals surface area contributed by atoms with Crippen LogP contribution in [0.5, 0.6) is 5.75 Å². The molecule has 0 aliphatic carbocycles. The van der Waals surface area contributed by atoms with E-state index in [4.69, 9.17) is 16.3 Å². The fourth-order valence-electron chi connectivity index (χ4n) is 1.88. The summed E-state index contributed by atoms with van der Waals surface area (Å²) in [5.74, 6) is -0.301. The molecular formula is C15H13ClO3. The molecule has 0 saturated carbocycles. The van der Waals surface area contributed by atoms with Crippen LogP contribution in [0.1, 0.15) is 17.3 Å². The van der Waals surface area contributed by atoms with E-state index < -0.39 is 5.97 Å². The van der Waals surface area contributed by atoms with Crippen molar-refractivity contribution in [3.8, 4) is 16.9 Å². The van der Waals surface area contributed by atoms with Gasteiger partial charge in [-0.15, -0.1) is 0 Å². The van der Waals surface area contributed by atoms with E-state index >= 15 is 0 Å². The quantitative estimate of drug-likeness (QED) is 0.914. The number of carboxylic acid groups (broad SMARTS) is 1. The summed E-state index contributed by atoms with van der Waals surface area (Å²) in [6, 6.07) is 12.0. The summed E-state index contributed by atoms with van der Waals surface area (Å²) in [4.78, 5) is 11.2. The van der Waals surface area contributed by atoms with E-state index in [2.05, 4.69) is 0 Å². The lowest BCUT2D eigenvalue weighted by molar-refractivity contribution is 0.0697. The lowest BCUT2D eigenvalue weighted by Crippen LogP contribution is -1.99. The summed E-state index contributed by atoms with van der Waals surface area (Å²) >= 11 is 6.20. The van der Waals surface area contributed by atoms with Gasteiger partial charge in [-0.3, -0.25) is 0 Å². The average Bonchev–Trinajstić information content (AvgIpc) is 2.39. The summed E-state index contributed by atoms with van der Waals surface area (Å²) in [5.41, 5.74) is 1.51. The number of halogens is 1. The van der Waals surface area contributed by atoms with Gasteiger partial charge in [0.05, 0.1) is 17.2 Å². The van der Waals surface area contributed by atoms with Gasteiger partial charge >= 0.3 is 5.97 Å². The molecule has 0 heterocycles. The van der Waals surface area contributed by atoms with Crippen molar-refractivity contribution in [1.29, 1.82) is 0 Å². The Morgan fingerprint density at radius 2 is 1.95 bits per heavy atom. The van der Waals surface area contributed by atoms with Crippen molar-refractivity contribution < 1.29 is 14.6 Å². The van der Waals surface area contributed by atoms with Crippen molar-refractivity contribution in [2.45, 2.75) is 6.92 Å². The lowest BCUT2D eigenvalue weighted by atomic mass is 9.99. The van der Waals surface area contributed by atoms with Crippen molar-refractivity contribution in [2.24, 2.45) is 0 Å². The fourth-order valence-corrected chi connectivity index (χ4v) is 2.15. The third-order valence-electron chi connectivity index (χ3n) is 2.70. The maximum Gasteiger partial charge on any atom is 0.336 e. The van der Waals surface area contributed by atoms with E-state index in [0.717, 1.165) is 0 Å². The second-order valence-electron chi connectivity index (χ2n) is 3.93. The Morgan fingerprint density at radius 3 is 2.58 bits per heavy atom. The Kier molecular flexibility index (Phi) is 4.07. The minimum absolute atomic E-state index is 0.230. The Labute approximate surface area is 116 Å². The van der Waals surface area contributed by atoms with Crippen molar-refractivity contribution in [2.75, 3.05) is 6.61 Å². The second-order valence-corrected chi connectivity index (χ2v) is 4.33. The Balaban J connectivity index is 2.50. The highest BCUT2D eigenvalue weighted by molar-refractivity contribution is 6.33. The zero-order chi connectivity index (χ0) is 13.8. The van der Waals surface area contributed by atoms with E-state index in [1.165, 1.54) is 0 Å². The first kappa shape index (κ1) is 13.4. The number of ether oxygens (including phenoxy) is 1. The van der Waals surface area contributed by atoms with Crippen LogP contribution in [0.2, 0.25) is 5.02 Å². The molecule has 1 N–H and O–H groups in total. The van der Waals surface area contributed by atoms with Gasteiger partial charge < -0.3 is 9.84 Å². The van der Waals surface area contributed by atoms with Crippen LogP contribution < -0.4 is 4.74 Å². The summed E-state index contributed by atoms with van der Waals surface area (Å²) in [6.07, 6.45) is 0. The summed E-state index contributed by atoms with van der Waals surface area (Å²) in [6.45, 7) is 2.45. The zero-order valence-corrected chi connectivity index (χ0v) is 11.1. The molecule has 0 spiro atoms. The molecule has 2 aromatic carbocycles. The maximum absolute atomic E-state index is 11.2. The van der Waals surface area contributed by atoms with Crippen LogP contribution in [0.4, 0.5) is 0 Å². The van der Waals surface area contributed by atoms with E-state index in [9.17, 15) is 9.90 Å². The van der Waals surface area contributed by atoms with Crippen molar-refractivity contribution in [1.82, 2.24) is 0 Å². The first-order chi connectivity index (χ1) is 9.13. The zero-order valence-electron chi connectivity index (χ0n) is 10.4. The molecule has 0 unspecified atom stereocenters. The van der Waals surface area contributed by atoms with Gasteiger partial charge in [0.25, 0.3) is 0 Å². The molecule has 0 aliphatic heterocycles. The van der Waals surface area contributed by atoms with Crippen LogP contribution >= 0.6 is 11.6 Å². The smallest absolute Gasteiger partial charge is 0.336 e. The first-order valence-corrected chi connectivity index (χ1v) is 6.26. The van der Waals surface area contributed by atoms with Crippen LogP contribution in [-0.4, -0.2) is 17.7 Å². The van der Waals surface area contributed by atoms with Gasteiger partial charge in [0.1, 0.15) is 5.75 Å². The monoisotopic (exact) mass is 276 g/mol. The van der Waals surface area contributed by atoms with Crippen molar-refractivity contribution >= 4 is 17.6 Å². The number of hydrogen-bond acceptors (Lipinski definition) is 2. The van der Waals surface area contributed by atoms with Gasteiger partial charge in [-0.05, 0) is 36.8 Å². The van der Waals surface area contributed by atoms with Crippen molar-refractivity contribution in [3.05, 3.63) is 53.1 Å². The third-order valence-corrected chi connectivity index (χ3v) is 3.01. The van der Waals surface area contributed by atoms with Crippen LogP contribution in [0.25, 0.3) is 11.1 Å². The molecule has 0 bridgehead atoms. The van der Waals surface area contributed by atoms with Gasteiger partial charge in [-0.2, -0.15) is 0 Å². The van der Waals surface area contributed by atoms with E-state index in [1.54, 1.807) is 42.5 Å². The fraction of sp³-hybridized carbons (Fsp3) is 0.133. The molecular weight excluding hydrogens is 264 g/mol. The maximum atomic E-state index is 11.2. The standard InChI is InChI=1S/C15H13ClO3/c1-2-19-10-7-8-12(14(16)9-10)11-5-3-4-6-13(11)15(17)18/h3-9H,2H2,1H3,(H,17,18). The number of aromatic carboxylic acids is 1. The molecule has 0 amide bonds. The lowest BCUT2D eigenvalue weighted by Gasteiger charge is -2.10. The summed E-state index contributed by atoms with van der Waals surface area (Å²) in [5, 5.41) is 9.66. The highest BCUT2D eigenvalue weighted by Gasteiger charge is 2.13. The Bertz CT molecular complexity index is 608. The van der Waals surface area contributed by atoms with Gasteiger partial charge in [-0.25, -0.2) is 4.79 Å². The van der Waals surface area contributed by atoms with E-state index in [0.29, 0.717) is 28.5 Å². The highest BCUT2D eigenvalue weighted by atomic mass is 35.5. The molecule has 2 aromatic rings. The molecule has 0 radical (unpaired) electrons. The number of hydrogen-bond donors (Lipinski definition) is 1. The van der Waals surface area contributed by atoms with Gasteiger partial charge in [-0.1, -0.05) is 29.8 Å². The van der Waals surface area contributed by atoms with Crippen LogP contribution in [0.3, 0.4) is 0 Å². The minimum Gasteiger partial charge on any atom is -0.494 e. The Hall–Kier alpha value is -2.00. The Morgan fingerprint density at radius 1 is 1.21 bits per heavy atom. The molecule has 0 aromatic heterocycles. The largest absolute Gasteiger partial charge is 0.494 e. The molecule has 98 valence electrons. The first-order valence-electron chi connectivity index (χ1n) is 5.88. The average molecular weight is 277 g/mol.